The lowest BCUT2D eigenvalue weighted by Gasteiger charge is -2.33. The van der Waals surface area contributed by atoms with Gasteiger partial charge in [0.2, 0.25) is 0 Å². The molecule has 1 aromatic rings. The van der Waals surface area contributed by atoms with Crippen molar-refractivity contribution < 1.29 is 14.4 Å². The number of phenols is 1. The van der Waals surface area contributed by atoms with Gasteiger partial charge in [0, 0.05) is 18.6 Å². The smallest absolute Gasteiger partial charge is 0.494 e. The van der Waals surface area contributed by atoms with Crippen LogP contribution in [0.4, 0.5) is 0 Å². The van der Waals surface area contributed by atoms with Gasteiger partial charge in [-0.1, -0.05) is 37.0 Å². The molecule has 1 heterocycles. The van der Waals surface area contributed by atoms with E-state index in [4.69, 9.17) is 32.5 Å². The number of rotatable bonds is 1. The van der Waals surface area contributed by atoms with E-state index < -0.39 is 7.12 Å². The molecule has 0 spiro atoms. The molecule has 0 aliphatic carbocycles. The first-order chi connectivity index (χ1) is 7.89. The Hall–Kier alpha value is -0.415. The number of halogens is 2. The van der Waals surface area contributed by atoms with Crippen molar-refractivity contribution in [2.24, 2.45) is 5.41 Å². The van der Waals surface area contributed by atoms with Gasteiger partial charge >= 0.3 is 7.12 Å². The van der Waals surface area contributed by atoms with Crippen molar-refractivity contribution in [3.8, 4) is 5.75 Å². The summed E-state index contributed by atoms with van der Waals surface area (Å²) in [5.74, 6) is -0.117. The van der Waals surface area contributed by atoms with Crippen LogP contribution in [0, 0.1) is 5.41 Å². The minimum Gasteiger partial charge on any atom is -0.505 e. The quantitative estimate of drug-likeness (QED) is 0.800. The fourth-order valence-electron chi connectivity index (χ4n) is 1.61. The highest BCUT2D eigenvalue weighted by atomic mass is 35.5. The van der Waals surface area contributed by atoms with E-state index in [2.05, 4.69) is 13.8 Å². The van der Waals surface area contributed by atoms with Crippen LogP contribution >= 0.6 is 23.2 Å². The third-order valence-corrected chi connectivity index (χ3v) is 3.14. The lowest BCUT2D eigenvalue weighted by Crippen LogP contribution is -2.47. The third-order valence-electron chi connectivity index (χ3n) is 2.56. The van der Waals surface area contributed by atoms with Crippen LogP contribution in [-0.2, 0) is 9.31 Å². The minimum atomic E-state index is -0.473. The Morgan fingerprint density at radius 2 is 1.65 bits per heavy atom. The molecule has 0 atom stereocenters. The maximum Gasteiger partial charge on any atom is 0.494 e. The topological polar surface area (TPSA) is 38.7 Å². The molecule has 1 fully saturated rings. The minimum absolute atomic E-state index is 0.0149. The molecule has 92 valence electrons. The molecule has 0 bridgehead atoms. The third kappa shape index (κ3) is 2.88. The first-order valence-corrected chi connectivity index (χ1v) is 6.06. The van der Waals surface area contributed by atoms with E-state index >= 15 is 0 Å². The van der Waals surface area contributed by atoms with Crippen molar-refractivity contribution in [2.45, 2.75) is 13.8 Å². The van der Waals surface area contributed by atoms with Gasteiger partial charge in [-0.2, -0.15) is 0 Å². The van der Waals surface area contributed by atoms with Crippen LogP contribution in [0.3, 0.4) is 0 Å². The summed E-state index contributed by atoms with van der Waals surface area (Å²) in [6.45, 7) is 5.35. The first kappa shape index (κ1) is 13.0. The molecule has 1 aromatic carbocycles. The standard InChI is InChI=1S/C11H13BCl2O3/c1-11(2)5-16-12(17-6-11)7-3-8(13)10(15)9(14)4-7/h3-4,15H,5-6H2,1-2H3. The molecule has 1 aliphatic heterocycles. The second-order valence-electron chi connectivity index (χ2n) is 4.95. The van der Waals surface area contributed by atoms with Crippen LogP contribution in [0.25, 0.3) is 0 Å². The summed E-state index contributed by atoms with van der Waals surface area (Å²) in [6, 6.07) is 3.21. The lowest BCUT2D eigenvalue weighted by atomic mass is 9.76. The van der Waals surface area contributed by atoms with Crippen molar-refractivity contribution in [1.29, 1.82) is 0 Å². The second kappa shape index (κ2) is 4.69. The molecule has 17 heavy (non-hydrogen) atoms. The lowest BCUT2D eigenvalue weighted by molar-refractivity contribution is 0.0343. The van der Waals surface area contributed by atoms with E-state index in [9.17, 15) is 5.11 Å². The molecule has 0 aromatic heterocycles. The molecule has 0 amide bonds. The fraction of sp³-hybridized carbons (Fsp3) is 0.455. The highest BCUT2D eigenvalue weighted by molar-refractivity contribution is 6.62. The van der Waals surface area contributed by atoms with E-state index in [-0.39, 0.29) is 21.2 Å². The summed E-state index contributed by atoms with van der Waals surface area (Å²) in [5.41, 5.74) is 0.731. The van der Waals surface area contributed by atoms with Gasteiger partial charge in [0.15, 0.2) is 5.75 Å². The summed E-state index contributed by atoms with van der Waals surface area (Å²) in [6.07, 6.45) is 0. The van der Waals surface area contributed by atoms with Crippen LogP contribution < -0.4 is 5.46 Å². The Labute approximate surface area is 111 Å². The van der Waals surface area contributed by atoms with Crippen molar-refractivity contribution >= 4 is 35.8 Å². The molecule has 6 heteroatoms. The Bertz CT molecular complexity index is 404. The maximum atomic E-state index is 9.47. The van der Waals surface area contributed by atoms with Crippen molar-refractivity contribution in [3.63, 3.8) is 0 Å². The molecule has 1 saturated heterocycles. The molecule has 1 aliphatic rings. The Balaban J connectivity index is 2.19. The summed E-state index contributed by atoms with van der Waals surface area (Å²) < 4.78 is 11.2. The Morgan fingerprint density at radius 3 is 2.12 bits per heavy atom. The molecule has 1 N–H and O–H groups in total. The average molecular weight is 275 g/mol. The molecular weight excluding hydrogens is 262 g/mol. The van der Waals surface area contributed by atoms with E-state index in [0.717, 1.165) is 0 Å². The van der Waals surface area contributed by atoms with Gasteiger partial charge in [0.05, 0.1) is 10.0 Å². The molecule has 0 unspecified atom stereocenters. The van der Waals surface area contributed by atoms with Gasteiger partial charge in [-0.05, 0) is 17.6 Å². The SMILES string of the molecule is CC1(C)COB(c2cc(Cl)c(O)c(Cl)c2)OC1. The first-order valence-electron chi connectivity index (χ1n) is 5.30. The average Bonchev–Trinajstić information content (AvgIpc) is 2.25. The zero-order valence-corrected chi connectivity index (χ0v) is 11.2. The summed E-state index contributed by atoms with van der Waals surface area (Å²) in [5, 5.41) is 9.86. The fourth-order valence-corrected chi connectivity index (χ4v) is 2.11. The predicted octanol–water partition coefficient (Wildman–Crippen LogP) is 2.47. The number of aromatic hydroxyl groups is 1. The molecule has 2 rings (SSSR count). The number of phenolic OH excluding ortho intramolecular Hbond substituents is 1. The van der Waals surface area contributed by atoms with Gasteiger partial charge in [-0.3, -0.25) is 0 Å². The van der Waals surface area contributed by atoms with E-state index in [1.807, 2.05) is 0 Å². The van der Waals surface area contributed by atoms with Crippen LogP contribution in [0.2, 0.25) is 10.0 Å². The Morgan fingerprint density at radius 1 is 1.18 bits per heavy atom. The van der Waals surface area contributed by atoms with Crippen molar-refractivity contribution in [2.75, 3.05) is 13.2 Å². The summed E-state index contributed by atoms with van der Waals surface area (Å²) in [4.78, 5) is 0. The summed E-state index contributed by atoms with van der Waals surface area (Å²) >= 11 is 11.7. The van der Waals surface area contributed by atoms with Crippen molar-refractivity contribution in [1.82, 2.24) is 0 Å². The maximum absolute atomic E-state index is 9.47. The monoisotopic (exact) mass is 274 g/mol. The number of hydrogen-bond acceptors (Lipinski definition) is 3. The van der Waals surface area contributed by atoms with Crippen LogP contribution in [-0.4, -0.2) is 25.4 Å². The predicted molar refractivity (Wildman–Crippen MR) is 69.2 cm³/mol. The highest BCUT2D eigenvalue weighted by Crippen LogP contribution is 2.30. The molecular formula is C11H13BCl2O3. The summed E-state index contributed by atoms with van der Waals surface area (Å²) in [7, 11) is -0.473. The van der Waals surface area contributed by atoms with E-state index in [1.54, 1.807) is 12.1 Å². The van der Waals surface area contributed by atoms with E-state index in [0.29, 0.717) is 18.7 Å². The largest absolute Gasteiger partial charge is 0.505 e. The molecule has 3 nitrogen and oxygen atoms in total. The Kier molecular flexibility index (Phi) is 3.59. The zero-order valence-electron chi connectivity index (χ0n) is 9.67. The zero-order chi connectivity index (χ0) is 12.6. The number of hydrogen-bond donors (Lipinski definition) is 1. The van der Waals surface area contributed by atoms with Gasteiger partial charge in [-0.15, -0.1) is 0 Å². The van der Waals surface area contributed by atoms with E-state index in [1.165, 1.54) is 0 Å². The van der Waals surface area contributed by atoms with Gasteiger partial charge in [0.25, 0.3) is 0 Å². The van der Waals surface area contributed by atoms with Crippen LogP contribution in [0.15, 0.2) is 12.1 Å². The highest BCUT2D eigenvalue weighted by Gasteiger charge is 2.34. The molecule has 0 saturated carbocycles. The van der Waals surface area contributed by atoms with Crippen LogP contribution in [0.5, 0.6) is 5.75 Å². The van der Waals surface area contributed by atoms with Crippen molar-refractivity contribution in [3.05, 3.63) is 22.2 Å². The van der Waals surface area contributed by atoms with Gasteiger partial charge in [0.1, 0.15) is 0 Å². The second-order valence-corrected chi connectivity index (χ2v) is 5.77. The normalized spacial score (nSPS) is 19.4. The number of benzene rings is 1. The van der Waals surface area contributed by atoms with Gasteiger partial charge in [-0.25, -0.2) is 0 Å². The van der Waals surface area contributed by atoms with Gasteiger partial charge < -0.3 is 14.4 Å². The van der Waals surface area contributed by atoms with Crippen LogP contribution in [0.1, 0.15) is 13.8 Å². The molecule has 0 radical (unpaired) electrons.